The Morgan fingerprint density at radius 2 is 2.45 bits per heavy atom. The van der Waals surface area contributed by atoms with Gasteiger partial charge in [-0.05, 0) is 0 Å². The molecule has 2 heterocycles. The van der Waals surface area contributed by atoms with Gasteiger partial charge < -0.3 is 15.7 Å². The summed E-state index contributed by atoms with van der Waals surface area (Å²) in [6, 6.07) is -0.286. The van der Waals surface area contributed by atoms with E-state index in [-0.39, 0.29) is 11.9 Å². The highest BCUT2D eigenvalue weighted by Gasteiger charge is 2.54. The second-order valence-electron chi connectivity index (χ2n) is 3.01. The lowest BCUT2D eigenvalue weighted by molar-refractivity contribution is -0.145. The van der Waals surface area contributed by atoms with E-state index in [1.807, 2.05) is 0 Å². The normalized spacial score (nSPS) is 40.7. The molecule has 0 aliphatic carbocycles. The van der Waals surface area contributed by atoms with Crippen LogP contribution >= 0.6 is 0 Å². The minimum atomic E-state index is -1.01. The molecule has 3 N–H and O–H groups in total. The van der Waals surface area contributed by atoms with Gasteiger partial charge in [-0.1, -0.05) is 0 Å². The molecular formula is C6H8N2O3. The Bertz CT molecular complexity index is 240. The van der Waals surface area contributed by atoms with Crippen LogP contribution in [0.4, 0.5) is 0 Å². The van der Waals surface area contributed by atoms with Gasteiger partial charge in [0.2, 0.25) is 5.91 Å². The summed E-state index contributed by atoms with van der Waals surface area (Å²) in [6.45, 7) is 0.346. The third kappa shape index (κ3) is 0.683. The number of carbonyl (C=O) groups excluding carboxylic acids is 1. The molecule has 60 valence electrons. The van der Waals surface area contributed by atoms with E-state index in [1.54, 1.807) is 0 Å². The summed E-state index contributed by atoms with van der Waals surface area (Å²) in [5, 5.41) is 14.1. The zero-order valence-electron chi connectivity index (χ0n) is 5.76. The minimum Gasteiger partial charge on any atom is -0.479 e. The number of fused-ring (bicyclic) bond motifs is 2. The summed E-state index contributed by atoms with van der Waals surface area (Å²) >= 11 is 0. The average molecular weight is 156 g/mol. The topological polar surface area (TPSA) is 78.4 Å². The van der Waals surface area contributed by atoms with Crippen LogP contribution in [0.5, 0.6) is 0 Å². The van der Waals surface area contributed by atoms with E-state index in [4.69, 9.17) is 5.11 Å². The fraction of sp³-hybridized carbons (Fsp3) is 0.667. The molecule has 2 atom stereocenters. The van der Waals surface area contributed by atoms with Crippen molar-refractivity contribution in [3.05, 3.63) is 0 Å². The maximum absolute atomic E-state index is 10.9. The highest BCUT2D eigenvalue weighted by molar-refractivity contribution is 5.96. The number of rotatable bonds is 1. The fourth-order valence-corrected chi connectivity index (χ4v) is 1.61. The maximum Gasteiger partial charge on any atom is 0.330 e. The summed E-state index contributed by atoms with van der Waals surface area (Å²) in [6.07, 6.45) is 0.376. The van der Waals surface area contributed by atoms with E-state index >= 15 is 0 Å². The number of hydrogen-bond acceptors (Lipinski definition) is 3. The van der Waals surface area contributed by atoms with Crippen LogP contribution in [0.3, 0.4) is 0 Å². The third-order valence-corrected chi connectivity index (χ3v) is 2.29. The van der Waals surface area contributed by atoms with Crippen LogP contribution in [-0.4, -0.2) is 35.1 Å². The fourth-order valence-electron chi connectivity index (χ4n) is 1.61. The lowest BCUT2D eigenvalue weighted by Gasteiger charge is -2.21. The predicted octanol–water partition coefficient (Wildman–Crippen LogP) is -1.70. The SMILES string of the molecule is O=C1NC2(C(=O)O)CNC1C2. The Labute approximate surface area is 62.8 Å². The standard InChI is InChI=1S/C6H8N2O3/c9-4-3-1-6(8-4,2-7-3)5(10)11/h3,7H,1-2H2,(H,8,9)(H,10,11). The lowest BCUT2D eigenvalue weighted by atomic mass is 10.0. The summed E-state index contributed by atoms with van der Waals surface area (Å²) in [7, 11) is 0. The van der Waals surface area contributed by atoms with E-state index in [0.717, 1.165) is 0 Å². The summed E-state index contributed by atoms with van der Waals surface area (Å²) in [4.78, 5) is 21.6. The summed E-state index contributed by atoms with van der Waals surface area (Å²) in [5.41, 5.74) is -1.01. The number of nitrogens with one attached hydrogen (secondary N) is 2. The zero-order valence-corrected chi connectivity index (χ0v) is 5.76. The molecule has 1 amide bonds. The van der Waals surface area contributed by atoms with Gasteiger partial charge in [-0.15, -0.1) is 0 Å². The predicted molar refractivity (Wildman–Crippen MR) is 34.9 cm³/mol. The first-order valence-electron chi connectivity index (χ1n) is 3.43. The van der Waals surface area contributed by atoms with Gasteiger partial charge in [0.05, 0.1) is 6.04 Å². The Hall–Kier alpha value is -1.10. The van der Waals surface area contributed by atoms with Gasteiger partial charge in [0, 0.05) is 13.0 Å². The number of carboxylic acid groups (broad SMARTS) is 1. The second-order valence-corrected chi connectivity index (χ2v) is 3.01. The molecule has 2 rings (SSSR count). The molecule has 2 saturated heterocycles. The van der Waals surface area contributed by atoms with Gasteiger partial charge in [0.1, 0.15) is 0 Å². The van der Waals surface area contributed by atoms with Gasteiger partial charge in [0.25, 0.3) is 0 Å². The van der Waals surface area contributed by atoms with Crippen LogP contribution in [0.15, 0.2) is 0 Å². The summed E-state index contributed by atoms with van der Waals surface area (Å²) in [5.74, 6) is -1.14. The molecule has 0 aromatic rings. The number of amides is 1. The van der Waals surface area contributed by atoms with Gasteiger partial charge in [-0.25, -0.2) is 4.79 Å². The van der Waals surface area contributed by atoms with Crippen molar-refractivity contribution in [2.75, 3.05) is 6.54 Å². The molecular weight excluding hydrogens is 148 g/mol. The molecule has 0 spiro atoms. The number of aliphatic carboxylic acids is 1. The highest BCUT2D eigenvalue weighted by Crippen LogP contribution is 2.26. The number of carboxylic acids is 1. The Morgan fingerprint density at radius 1 is 1.73 bits per heavy atom. The molecule has 2 aliphatic rings. The average Bonchev–Trinajstić information content (AvgIpc) is 2.44. The highest BCUT2D eigenvalue weighted by atomic mass is 16.4. The van der Waals surface area contributed by atoms with Crippen molar-refractivity contribution < 1.29 is 14.7 Å². The Balaban J connectivity index is 2.30. The first-order valence-corrected chi connectivity index (χ1v) is 3.43. The monoisotopic (exact) mass is 156 g/mol. The first kappa shape index (κ1) is 6.60. The van der Waals surface area contributed by atoms with Crippen molar-refractivity contribution in [3.63, 3.8) is 0 Å². The van der Waals surface area contributed by atoms with E-state index < -0.39 is 11.5 Å². The van der Waals surface area contributed by atoms with Crippen LogP contribution in [-0.2, 0) is 9.59 Å². The van der Waals surface area contributed by atoms with Crippen molar-refractivity contribution in [2.24, 2.45) is 0 Å². The molecule has 0 aromatic heterocycles. The molecule has 5 heteroatoms. The van der Waals surface area contributed by atoms with Crippen LogP contribution < -0.4 is 10.6 Å². The molecule has 2 fully saturated rings. The van der Waals surface area contributed by atoms with E-state index in [9.17, 15) is 9.59 Å². The van der Waals surface area contributed by atoms with Crippen LogP contribution in [0.2, 0.25) is 0 Å². The summed E-state index contributed by atoms with van der Waals surface area (Å²) < 4.78 is 0. The molecule has 0 saturated carbocycles. The lowest BCUT2D eigenvalue weighted by Crippen LogP contribution is -2.57. The van der Waals surface area contributed by atoms with E-state index in [0.29, 0.717) is 13.0 Å². The molecule has 2 aliphatic heterocycles. The quantitative estimate of drug-likeness (QED) is 0.423. The molecule has 0 aromatic carbocycles. The van der Waals surface area contributed by atoms with E-state index in [2.05, 4.69) is 10.6 Å². The number of hydrogen-bond donors (Lipinski definition) is 3. The molecule has 2 bridgehead atoms. The smallest absolute Gasteiger partial charge is 0.330 e. The second kappa shape index (κ2) is 1.73. The zero-order chi connectivity index (χ0) is 8.06. The third-order valence-electron chi connectivity index (χ3n) is 2.29. The van der Waals surface area contributed by atoms with Gasteiger partial charge in [0.15, 0.2) is 5.54 Å². The first-order chi connectivity index (χ1) is 5.14. The van der Waals surface area contributed by atoms with Gasteiger partial charge >= 0.3 is 5.97 Å². The van der Waals surface area contributed by atoms with Crippen LogP contribution in [0.1, 0.15) is 6.42 Å². The van der Waals surface area contributed by atoms with Crippen molar-refractivity contribution in [1.82, 2.24) is 10.6 Å². The van der Waals surface area contributed by atoms with Gasteiger partial charge in [-0.3, -0.25) is 4.79 Å². The molecule has 11 heavy (non-hydrogen) atoms. The Kier molecular flexibility index (Phi) is 1.04. The van der Waals surface area contributed by atoms with Crippen molar-refractivity contribution in [1.29, 1.82) is 0 Å². The van der Waals surface area contributed by atoms with Crippen molar-refractivity contribution in [2.45, 2.75) is 18.0 Å². The molecule has 0 radical (unpaired) electrons. The minimum absolute atomic E-state index is 0.196. The van der Waals surface area contributed by atoms with E-state index in [1.165, 1.54) is 0 Å². The van der Waals surface area contributed by atoms with Crippen LogP contribution in [0.25, 0.3) is 0 Å². The van der Waals surface area contributed by atoms with Crippen molar-refractivity contribution in [3.8, 4) is 0 Å². The van der Waals surface area contributed by atoms with Crippen molar-refractivity contribution >= 4 is 11.9 Å². The molecule has 5 nitrogen and oxygen atoms in total. The number of carbonyl (C=O) groups is 2. The maximum atomic E-state index is 10.9. The Morgan fingerprint density at radius 3 is 2.73 bits per heavy atom. The number of piperazine rings is 1. The largest absolute Gasteiger partial charge is 0.479 e. The molecule has 2 unspecified atom stereocenters. The van der Waals surface area contributed by atoms with Crippen LogP contribution in [0, 0.1) is 0 Å². The van der Waals surface area contributed by atoms with Gasteiger partial charge in [-0.2, -0.15) is 0 Å².